The lowest BCUT2D eigenvalue weighted by molar-refractivity contribution is -0.0563. The molecule has 0 spiro atoms. The highest BCUT2D eigenvalue weighted by Gasteiger charge is 2.54. The molecule has 0 aromatic carbocycles. The number of thiol groups is 2. The third-order valence-corrected chi connectivity index (χ3v) is 10.5. The van der Waals surface area contributed by atoms with Crippen LogP contribution < -0.4 is 17.0 Å². The van der Waals surface area contributed by atoms with E-state index in [1.54, 1.807) is 0 Å². The van der Waals surface area contributed by atoms with Gasteiger partial charge in [0.25, 0.3) is 5.56 Å². The van der Waals surface area contributed by atoms with Gasteiger partial charge in [-0.3, -0.25) is 37.0 Å². The number of halogens is 2. The Morgan fingerprint density at radius 1 is 0.844 bits per heavy atom. The number of imidazole rings is 2. The topological polar surface area (TPSA) is 249 Å². The number of rotatable bonds is 2. The highest BCUT2D eigenvalue weighted by Crippen LogP contribution is 2.60. The summed E-state index contributed by atoms with van der Waals surface area (Å²) in [5, 5.41) is 0. The van der Waals surface area contributed by atoms with Crippen LogP contribution in [-0.4, -0.2) is 89.0 Å². The summed E-state index contributed by atoms with van der Waals surface area (Å²) >= 11 is 7.94. The number of nitrogens with zero attached hydrogens (tertiary/aromatic N) is 7. The summed E-state index contributed by atoms with van der Waals surface area (Å²) in [6, 6.07) is 0. The molecule has 3 fully saturated rings. The number of aromatic amines is 1. The molecule has 0 amide bonds. The lowest BCUT2D eigenvalue weighted by atomic mass is 10.1. The number of hydrogen-bond donors (Lipinski definition) is 5. The summed E-state index contributed by atoms with van der Waals surface area (Å²) < 4.78 is 94.2. The van der Waals surface area contributed by atoms with Crippen molar-refractivity contribution in [1.82, 2.24) is 39.0 Å². The van der Waals surface area contributed by atoms with Gasteiger partial charge in [0, 0.05) is 0 Å². The summed E-state index contributed by atoms with van der Waals surface area (Å²) in [5.41, 5.74) is 10.8. The number of ether oxygens (including phenoxy) is 2. The first-order valence-electron chi connectivity index (χ1n) is 12.9. The highest BCUT2D eigenvalue weighted by molar-refractivity contribution is 8.44. The molecule has 19 nitrogen and oxygen atoms in total. The molecule has 3 saturated heterocycles. The number of alkyl halides is 2. The van der Waals surface area contributed by atoms with Crippen molar-refractivity contribution in [3.63, 3.8) is 0 Å². The largest absolute Gasteiger partial charge is 0.386 e. The van der Waals surface area contributed by atoms with Gasteiger partial charge in [0.1, 0.15) is 36.3 Å². The summed E-state index contributed by atoms with van der Waals surface area (Å²) in [5.74, 6) is -0.234. The lowest BCUT2D eigenvalue weighted by Gasteiger charge is -2.26. The van der Waals surface area contributed by atoms with Crippen molar-refractivity contribution in [3.8, 4) is 0 Å². The number of nitrogen functional groups attached to an aromatic ring is 2. The number of anilines is 2. The van der Waals surface area contributed by atoms with Crippen LogP contribution in [0, 0.1) is 0 Å². The van der Waals surface area contributed by atoms with Gasteiger partial charge in [-0.05, 0) is 0 Å². The van der Waals surface area contributed by atoms with Gasteiger partial charge in [0.15, 0.2) is 47.4 Å². The molecule has 5 N–H and O–H groups in total. The minimum absolute atomic E-state index is 0.0341. The van der Waals surface area contributed by atoms with E-state index >= 15 is 8.78 Å². The Bertz CT molecular complexity index is 1950. The highest BCUT2D eigenvalue weighted by atomic mass is 32.7. The van der Waals surface area contributed by atoms with Crippen LogP contribution in [0.1, 0.15) is 12.5 Å². The molecule has 0 unspecified atom stereocenters. The molecule has 7 rings (SSSR count). The fraction of sp³-hybridized carbons (Fsp3) is 0.500. The normalized spacial score (nSPS) is 37.7. The van der Waals surface area contributed by atoms with E-state index in [9.17, 15) is 13.9 Å². The molecular weight excluding hydrogens is 688 g/mol. The second-order valence-electron chi connectivity index (χ2n) is 10.0. The van der Waals surface area contributed by atoms with Gasteiger partial charge in [-0.25, -0.2) is 37.8 Å². The maximum atomic E-state index is 16.0. The van der Waals surface area contributed by atoms with E-state index in [0.29, 0.717) is 0 Å². The monoisotopic (exact) mass is 710 g/mol. The van der Waals surface area contributed by atoms with Crippen molar-refractivity contribution in [2.75, 3.05) is 24.7 Å². The predicted molar refractivity (Wildman–Crippen MR) is 155 cm³/mol. The Labute approximate surface area is 259 Å². The van der Waals surface area contributed by atoms with E-state index in [-0.39, 0.29) is 34.1 Å². The Morgan fingerprint density at radius 3 is 2.20 bits per heavy atom. The molecule has 25 heteroatoms. The Morgan fingerprint density at radius 2 is 1.47 bits per heavy atom. The first-order valence-corrected chi connectivity index (χ1v) is 18.3. The van der Waals surface area contributed by atoms with Crippen molar-refractivity contribution in [3.05, 3.63) is 29.3 Å². The Balaban J connectivity index is 1.21. The summed E-state index contributed by atoms with van der Waals surface area (Å²) in [7, 11) is 0. The zero-order chi connectivity index (χ0) is 31.8. The Hall–Kier alpha value is -2.72. The quantitative estimate of drug-likeness (QED) is 0.146. The predicted octanol–water partition coefficient (Wildman–Crippen LogP) is 1.49. The Kier molecular flexibility index (Phi) is 7.70. The van der Waals surface area contributed by atoms with E-state index in [4.69, 9.17) is 39.0 Å². The molecule has 0 radical (unpaired) electrons. The maximum Gasteiger partial charge on any atom is 0.386 e. The van der Waals surface area contributed by atoms with E-state index in [1.165, 1.54) is 10.9 Å². The fourth-order valence-electron chi connectivity index (χ4n) is 5.23. The van der Waals surface area contributed by atoms with E-state index in [1.807, 2.05) is 0 Å². The third-order valence-electron chi connectivity index (χ3n) is 7.23. The second-order valence-corrected chi connectivity index (χ2v) is 15.8. The van der Waals surface area contributed by atoms with Gasteiger partial charge in [-0.2, -0.15) is 4.98 Å². The van der Waals surface area contributed by atoms with Gasteiger partial charge in [0.05, 0.1) is 25.9 Å². The van der Waals surface area contributed by atoms with Gasteiger partial charge in [0.2, 0.25) is 5.95 Å². The number of aromatic nitrogens is 8. The van der Waals surface area contributed by atoms with E-state index < -0.39 is 81.6 Å². The second kappa shape index (κ2) is 11.2. The summed E-state index contributed by atoms with van der Waals surface area (Å²) in [6.07, 6.45) is -10.0. The van der Waals surface area contributed by atoms with Crippen molar-refractivity contribution in [2.45, 2.75) is 49.2 Å². The molecule has 4 aromatic rings. The van der Waals surface area contributed by atoms with Gasteiger partial charge < -0.3 is 20.9 Å². The van der Waals surface area contributed by atoms with Gasteiger partial charge in [-0.15, -0.1) is 0 Å². The molecule has 10 atom stereocenters. The zero-order valence-electron chi connectivity index (χ0n) is 22.3. The number of nitrogens with two attached hydrogens (primary N) is 2. The average Bonchev–Trinajstić information content (AvgIpc) is 3.72. The standard InChI is InChI=1S/C20H22F2N10O9P2S2/c21-8-6-1-36-42(34,44)40-12-7(39-18(9(12)22)31-4-27-10-14(23)25-3-26-15(10)31)2-37-43(35,45)41-13(8)19(38-6)32-5-28-11-16(32)29-20(24)30-17(11)33/h3-9,12-13,18-19H,1-2H2,(H,34,44)(H,35,45)(H2,23,25,26)(H3,24,29,30,33)/t6-,7-,8-,9-,12-,13-,18-,19-,42+,43-/m1/s1. The fourth-order valence-corrected chi connectivity index (χ4v) is 8.17. The van der Waals surface area contributed by atoms with Crippen LogP contribution in [0.5, 0.6) is 0 Å². The van der Waals surface area contributed by atoms with E-state index in [0.717, 1.165) is 17.2 Å². The van der Waals surface area contributed by atoms with Gasteiger partial charge >= 0.3 is 13.6 Å². The first kappa shape index (κ1) is 30.9. The molecular formula is C20H22F2N10O9P2S2. The SMILES string of the molecule is Nc1nc2c(ncn2[C@@H]2O[C@@H]3CO[P@](=O)(S)O[C@H]4[C@@H](F)[C@H](n5cnc6c(N)ncnc65)O[C@@H]4CO[P@@](=O)(S)O[C@@H]2[C@@H]3F)c(=O)[nH]1. The minimum Gasteiger partial charge on any atom is -0.382 e. The average molecular weight is 711 g/mol. The van der Waals surface area contributed by atoms with Crippen LogP contribution in [0.4, 0.5) is 20.5 Å². The maximum absolute atomic E-state index is 16.0. The first-order chi connectivity index (χ1) is 21.3. The number of hydrogen-bond acceptors (Lipinski definition) is 16. The number of nitrogens with one attached hydrogen (secondary N) is 1. The molecule has 3 aliphatic rings. The lowest BCUT2D eigenvalue weighted by Crippen LogP contribution is -2.33. The van der Waals surface area contributed by atoms with Crippen molar-refractivity contribution in [1.29, 1.82) is 0 Å². The number of H-pyrrole nitrogens is 1. The van der Waals surface area contributed by atoms with Crippen LogP contribution in [0.3, 0.4) is 0 Å². The minimum atomic E-state index is -4.50. The molecule has 3 aliphatic heterocycles. The zero-order valence-corrected chi connectivity index (χ0v) is 25.8. The van der Waals surface area contributed by atoms with Crippen molar-refractivity contribution in [2.24, 2.45) is 0 Å². The van der Waals surface area contributed by atoms with Crippen LogP contribution in [0.25, 0.3) is 22.3 Å². The molecule has 0 saturated carbocycles. The third kappa shape index (κ3) is 5.53. The van der Waals surface area contributed by atoms with Crippen LogP contribution in [0.2, 0.25) is 0 Å². The molecule has 2 bridgehead atoms. The van der Waals surface area contributed by atoms with Crippen molar-refractivity contribution < 1.29 is 45.5 Å². The molecule has 0 aliphatic carbocycles. The van der Waals surface area contributed by atoms with Crippen LogP contribution >= 0.6 is 38.1 Å². The van der Waals surface area contributed by atoms with E-state index in [2.05, 4.69) is 54.4 Å². The van der Waals surface area contributed by atoms with Crippen LogP contribution in [-0.2, 0) is 36.7 Å². The van der Waals surface area contributed by atoms with Crippen molar-refractivity contribution >= 4 is 72.2 Å². The molecule has 7 heterocycles. The smallest absolute Gasteiger partial charge is 0.382 e. The summed E-state index contributed by atoms with van der Waals surface area (Å²) in [4.78, 5) is 34.6. The van der Waals surface area contributed by atoms with Gasteiger partial charge in [-0.1, -0.05) is 24.5 Å². The van der Waals surface area contributed by atoms with Crippen LogP contribution in [0.15, 0.2) is 23.8 Å². The summed E-state index contributed by atoms with van der Waals surface area (Å²) in [6.45, 7) is -10.4. The molecule has 242 valence electrons. The molecule has 4 aromatic heterocycles. The molecule has 45 heavy (non-hydrogen) atoms. The number of fused-ring (bicyclic) bond motifs is 5.